The number of unbranched alkanes of at least 4 members (excludes halogenated alkanes) is 1. The Balaban J connectivity index is 3.63. The molecule has 0 aromatic carbocycles. The molecule has 0 radical (unpaired) electrons. The van der Waals surface area contributed by atoms with E-state index in [-0.39, 0.29) is 32.2 Å². The fourth-order valence-corrected chi connectivity index (χ4v) is 1.06. The molecule has 0 rings (SSSR count). The molecule has 5 nitrogen and oxygen atoms in total. The van der Waals surface area contributed by atoms with Crippen LogP contribution in [-0.4, -0.2) is 36.4 Å². The molecule has 0 heterocycles. The maximum atomic E-state index is 11.6. The normalized spacial score (nSPS) is 13.2. The Labute approximate surface area is 90.0 Å². The summed E-state index contributed by atoms with van der Waals surface area (Å²) in [5.74, 6) is -1.20. The van der Waals surface area contributed by atoms with Gasteiger partial charge >= 0.3 is 12.3 Å². The molecule has 0 fully saturated rings. The lowest BCUT2D eigenvalue weighted by atomic mass is 10.1. The van der Waals surface area contributed by atoms with Crippen molar-refractivity contribution in [1.29, 1.82) is 0 Å². The Bertz CT molecular complexity index is 233. The van der Waals surface area contributed by atoms with Crippen LogP contribution in [0.25, 0.3) is 0 Å². The van der Waals surface area contributed by atoms with Crippen LogP contribution in [0.4, 0.5) is 13.2 Å². The molecule has 16 heavy (non-hydrogen) atoms. The number of hydrogen-bond acceptors (Lipinski definition) is 3. The Morgan fingerprint density at radius 3 is 2.44 bits per heavy atom. The van der Waals surface area contributed by atoms with Crippen molar-refractivity contribution in [3.05, 3.63) is 0 Å². The van der Waals surface area contributed by atoms with Crippen molar-refractivity contribution < 1.29 is 27.9 Å². The van der Waals surface area contributed by atoms with Crippen molar-refractivity contribution in [3.8, 4) is 0 Å². The second kappa shape index (κ2) is 7.04. The summed E-state index contributed by atoms with van der Waals surface area (Å²) >= 11 is 0. The second-order valence-corrected chi connectivity index (χ2v) is 3.10. The number of carboxylic acids is 1. The average molecular weight is 242 g/mol. The van der Waals surface area contributed by atoms with Crippen LogP contribution < -0.4 is 10.6 Å². The summed E-state index contributed by atoms with van der Waals surface area (Å²) < 4.78 is 34.9. The molecule has 1 atom stereocenters. The number of aliphatic carboxylic acids is 1. The summed E-state index contributed by atoms with van der Waals surface area (Å²) in [4.78, 5) is 20.5. The van der Waals surface area contributed by atoms with Gasteiger partial charge in [0, 0.05) is 6.54 Å². The zero-order chi connectivity index (χ0) is 12.6. The zero-order valence-electron chi connectivity index (χ0n) is 8.38. The van der Waals surface area contributed by atoms with Gasteiger partial charge in [-0.15, -0.1) is 0 Å². The molecule has 3 N–H and O–H groups in total. The lowest BCUT2D eigenvalue weighted by Crippen LogP contribution is -2.36. The minimum atomic E-state index is -4.41. The first-order valence-electron chi connectivity index (χ1n) is 4.61. The summed E-state index contributed by atoms with van der Waals surface area (Å²) in [6, 6.07) is -1.04. The summed E-state index contributed by atoms with van der Waals surface area (Å²) in [5, 5.41) is 12.0. The second-order valence-electron chi connectivity index (χ2n) is 3.10. The zero-order valence-corrected chi connectivity index (χ0v) is 8.38. The fourth-order valence-electron chi connectivity index (χ4n) is 1.06. The van der Waals surface area contributed by atoms with Crippen LogP contribution >= 0.6 is 0 Å². The highest BCUT2D eigenvalue weighted by Crippen LogP contribution is 2.09. The molecular weight excluding hydrogens is 229 g/mol. The molecule has 94 valence electrons. The SMILES string of the molecule is O=CN[C@@H](CCCCNC(F)(F)F)C(=O)O. The van der Waals surface area contributed by atoms with Gasteiger partial charge in [-0.2, -0.15) is 13.2 Å². The Hall–Kier alpha value is -1.31. The van der Waals surface area contributed by atoms with Crippen molar-refractivity contribution in [2.24, 2.45) is 0 Å². The van der Waals surface area contributed by atoms with Gasteiger partial charge in [0.1, 0.15) is 6.04 Å². The third-order valence-corrected chi connectivity index (χ3v) is 1.81. The molecule has 0 aromatic heterocycles. The van der Waals surface area contributed by atoms with Crippen LogP contribution in [0.5, 0.6) is 0 Å². The van der Waals surface area contributed by atoms with Gasteiger partial charge in [-0.1, -0.05) is 0 Å². The third kappa shape index (κ3) is 8.04. The highest BCUT2D eigenvalue weighted by molar-refractivity contribution is 5.76. The van der Waals surface area contributed by atoms with Crippen molar-refractivity contribution in [2.45, 2.75) is 31.6 Å². The quantitative estimate of drug-likeness (QED) is 0.328. The number of nitrogens with one attached hydrogen (secondary N) is 2. The van der Waals surface area contributed by atoms with Crippen LogP contribution in [0.2, 0.25) is 0 Å². The molecule has 0 bridgehead atoms. The van der Waals surface area contributed by atoms with Crippen molar-refractivity contribution in [2.75, 3.05) is 6.54 Å². The van der Waals surface area contributed by atoms with E-state index in [1.165, 1.54) is 5.32 Å². The van der Waals surface area contributed by atoms with E-state index in [0.717, 1.165) is 0 Å². The first-order chi connectivity index (χ1) is 7.37. The maximum absolute atomic E-state index is 11.6. The highest BCUT2D eigenvalue weighted by atomic mass is 19.4. The lowest BCUT2D eigenvalue weighted by molar-refractivity contribution is -0.156. The summed E-state index contributed by atoms with van der Waals surface area (Å²) in [6.07, 6.45) is -3.58. The molecule has 0 spiro atoms. The number of carbonyl (C=O) groups excluding carboxylic acids is 1. The lowest BCUT2D eigenvalue weighted by Gasteiger charge is -2.11. The van der Waals surface area contributed by atoms with E-state index in [0.29, 0.717) is 0 Å². The molecule has 0 aliphatic heterocycles. The molecule has 1 amide bonds. The van der Waals surface area contributed by atoms with Crippen molar-refractivity contribution in [1.82, 2.24) is 10.6 Å². The van der Waals surface area contributed by atoms with E-state index in [4.69, 9.17) is 5.11 Å². The number of alkyl halides is 3. The molecule has 0 saturated heterocycles. The molecule has 0 aromatic rings. The number of hydrogen-bond donors (Lipinski definition) is 3. The molecule has 0 unspecified atom stereocenters. The van der Waals surface area contributed by atoms with Gasteiger partial charge in [-0.25, -0.2) is 10.1 Å². The minimum absolute atomic E-state index is 0.105. The van der Waals surface area contributed by atoms with Crippen molar-refractivity contribution >= 4 is 12.4 Å². The largest absolute Gasteiger partial charge is 0.480 e. The molecule has 0 aliphatic carbocycles. The number of amides is 1. The minimum Gasteiger partial charge on any atom is -0.480 e. The van der Waals surface area contributed by atoms with Gasteiger partial charge in [0.05, 0.1) is 0 Å². The van der Waals surface area contributed by atoms with Crippen LogP contribution in [0.1, 0.15) is 19.3 Å². The van der Waals surface area contributed by atoms with Gasteiger partial charge in [0.2, 0.25) is 6.41 Å². The summed E-state index contributed by atoms with van der Waals surface area (Å²) in [7, 11) is 0. The summed E-state index contributed by atoms with van der Waals surface area (Å²) in [6.45, 7) is -0.267. The van der Waals surface area contributed by atoms with E-state index in [1.54, 1.807) is 0 Å². The number of carbonyl (C=O) groups is 2. The number of halogens is 3. The highest BCUT2D eigenvalue weighted by Gasteiger charge is 2.25. The van der Waals surface area contributed by atoms with Crippen molar-refractivity contribution in [3.63, 3.8) is 0 Å². The monoisotopic (exact) mass is 242 g/mol. The first-order valence-corrected chi connectivity index (χ1v) is 4.61. The van der Waals surface area contributed by atoms with Crippen LogP contribution in [0.15, 0.2) is 0 Å². The molecule has 0 saturated carbocycles. The molecule has 0 aliphatic rings. The standard InChI is InChI=1S/C8H13F3N2O3/c9-8(10,11)13-4-2-1-3-6(7(15)16)12-5-14/h5-6,13H,1-4H2,(H,12,14)(H,15,16)/t6-/m0/s1. The van der Waals surface area contributed by atoms with Gasteiger partial charge in [-0.05, 0) is 19.3 Å². The topological polar surface area (TPSA) is 78.4 Å². The number of carboxylic acid groups (broad SMARTS) is 1. The van der Waals surface area contributed by atoms with Crippen LogP contribution in [0, 0.1) is 0 Å². The Morgan fingerprint density at radius 1 is 1.38 bits per heavy atom. The average Bonchev–Trinajstić information content (AvgIpc) is 2.13. The van der Waals surface area contributed by atoms with Gasteiger partial charge < -0.3 is 10.4 Å². The van der Waals surface area contributed by atoms with E-state index in [9.17, 15) is 22.8 Å². The molecular formula is C8H13F3N2O3. The first kappa shape index (κ1) is 14.7. The van der Waals surface area contributed by atoms with Gasteiger partial charge in [0.25, 0.3) is 0 Å². The van der Waals surface area contributed by atoms with Gasteiger partial charge in [0.15, 0.2) is 0 Å². The third-order valence-electron chi connectivity index (χ3n) is 1.81. The molecule has 8 heteroatoms. The fraction of sp³-hybridized carbons (Fsp3) is 0.750. The maximum Gasteiger partial charge on any atom is 0.457 e. The van der Waals surface area contributed by atoms with E-state index in [2.05, 4.69) is 5.32 Å². The van der Waals surface area contributed by atoms with Crippen LogP contribution in [0.3, 0.4) is 0 Å². The Morgan fingerprint density at radius 2 is 2.00 bits per heavy atom. The predicted molar refractivity (Wildman–Crippen MR) is 48.5 cm³/mol. The predicted octanol–water partition coefficient (Wildman–Crippen LogP) is 0.465. The van der Waals surface area contributed by atoms with Crippen LogP contribution in [-0.2, 0) is 9.59 Å². The number of rotatable bonds is 8. The summed E-state index contributed by atoms with van der Waals surface area (Å²) in [5.41, 5.74) is 0. The van der Waals surface area contributed by atoms with E-state index >= 15 is 0 Å². The van der Waals surface area contributed by atoms with E-state index in [1.807, 2.05) is 0 Å². The van der Waals surface area contributed by atoms with E-state index < -0.39 is 18.3 Å². The smallest absolute Gasteiger partial charge is 0.457 e. The Kier molecular flexibility index (Phi) is 6.47. The van der Waals surface area contributed by atoms with Gasteiger partial charge in [-0.3, -0.25) is 4.79 Å².